The molecule has 0 aliphatic heterocycles. The molecule has 0 aromatic carbocycles. The first-order chi connectivity index (χ1) is 5.55. The molecule has 12 heavy (non-hydrogen) atoms. The molecule has 0 radical (unpaired) electrons. The number of hydrogen-bond donors (Lipinski definition) is 3. The molecular formula is C9H20N2O. The van der Waals surface area contributed by atoms with Gasteiger partial charge in [-0.3, -0.25) is 0 Å². The molecule has 0 spiro atoms. The van der Waals surface area contributed by atoms with Gasteiger partial charge in [0.2, 0.25) is 0 Å². The van der Waals surface area contributed by atoms with Crippen molar-refractivity contribution < 1.29 is 5.11 Å². The van der Waals surface area contributed by atoms with Crippen LogP contribution in [-0.4, -0.2) is 23.8 Å². The second kappa shape index (κ2) is 3.32. The molecule has 1 rings (SSSR count). The molecule has 0 bridgehead atoms. The summed E-state index contributed by atoms with van der Waals surface area (Å²) in [6, 6.07) is 0.0135. The Kier molecular flexibility index (Phi) is 2.76. The minimum Gasteiger partial charge on any atom is -0.396 e. The van der Waals surface area contributed by atoms with Gasteiger partial charge in [-0.2, -0.15) is 0 Å². The predicted octanol–water partition coefficient (Wildman–Crippen LogP) is 0.0695. The van der Waals surface area contributed by atoms with Crippen molar-refractivity contribution in [3.05, 3.63) is 0 Å². The quantitative estimate of drug-likeness (QED) is 0.552. The van der Waals surface area contributed by atoms with Crippen molar-refractivity contribution in [2.45, 2.75) is 38.8 Å². The highest BCUT2D eigenvalue weighted by Gasteiger charge is 2.45. The lowest BCUT2D eigenvalue weighted by Gasteiger charge is -2.28. The average Bonchev–Trinajstić information content (AvgIpc) is 2.31. The Morgan fingerprint density at radius 3 is 2.33 bits per heavy atom. The largest absolute Gasteiger partial charge is 0.396 e. The Morgan fingerprint density at radius 2 is 2.08 bits per heavy atom. The van der Waals surface area contributed by atoms with Crippen molar-refractivity contribution in [3.63, 3.8) is 0 Å². The molecule has 1 aliphatic carbocycles. The standard InChI is InChI=1S/C9H20N2O/c1-3-9(2)4-6(5-12)7(10)8(9)11/h6-8,12H,3-5,10-11H2,1-2H3/t6?,7?,8?,9-/m1/s1. The summed E-state index contributed by atoms with van der Waals surface area (Å²) < 4.78 is 0. The lowest BCUT2D eigenvalue weighted by Crippen LogP contribution is -2.47. The number of hydrogen-bond acceptors (Lipinski definition) is 3. The van der Waals surface area contributed by atoms with Crippen molar-refractivity contribution in [2.75, 3.05) is 6.61 Å². The Bertz CT molecular complexity index is 163. The monoisotopic (exact) mass is 172 g/mol. The maximum absolute atomic E-state index is 9.05. The van der Waals surface area contributed by atoms with E-state index in [2.05, 4.69) is 13.8 Å². The zero-order valence-corrected chi connectivity index (χ0v) is 7.96. The Balaban J connectivity index is 2.72. The van der Waals surface area contributed by atoms with E-state index < -0.39 is 0 Å². The molecule has 5 N–H and O–H groups in total. The smallest absolute Gasteiger partial charge is 0.0474 e. The number of nitrogens with two attached hydrogens (primary N) is 2. The van der Waals surface area contributed by atoms with Gasteiger partial charge in [-0.1, -0.05) is 13.8 Å². The molecule has 1 aliphatic rings. The summed E-state index contributed by atoms with van der Waals surface area (Å²) in [5.41, 5.74) is 12.0. The Morgan fingerprint density at radius 1 is 1.50 bits per heavy atom. The second-order valence-corrected chi connectivity index (χ2v) is 4.26. The fourth-order valence-corrected chi connectivity index (χ4v) is 2.20. The van der Waals surface area contributed by atoms with Crippen molar-refractivity contribution in [3.8, 4) is 0 Å². The van der Waals surface area contributed by atoms with E-state index in [0.29, 0.717) is 0 Å². The van der Waals surface area contributed by atoms with E-state index in [-0.39, 0.29) is 30.0 Å². The molecule has 3 unspecified atom stereocenters. The number of aliphatic hydroxyl groups is 1. The third kappa shape index (κ3) is 1.37. The fourth-order valence-electron chi connectivity index (χ4n) is 2.20. The molecule has 0 aromatic heterocycles. The van der Waals surface area contributed by atoms with Crippen LogP contribution < -0.4 is 11.5 Å². The van der Waals surface area contributed by atoms with Gasteiger partial charge in [0.1, 0.15) is 0 Å². The van der Waals surface area contributed by atoms with E-state index in [1.165, 1.54) is 0 Å². The average molecular weight is 172 g/mol. The van der Waals surface area contributed by atoms with E-state index in [1.54, 1.807) is 0 Å². The van der Waals surface area contributed by atoms with Crippen LogP contribution in [0.1, 0.15) is 26.7 Å². The van der Waals surface area contributed by atoms with Gasteiger partial charge in [0.05, 0.1) is 0 Å². The molecule has 3 nitrogen and oxygen atoms in total. The van der Waals surface area contributed by atoms with Gasteiger partial charge in [-0.25, -0.2) is 0 Å². The topological polar surface area (TPSA) is 72.3 Å². The van der Waals surface area contributed by atoms with Crippen LogP contribution in [0.15, 0.2) is 0 Å². The summed E-state index contributed by atoms with van der Waals surface area (Å²) in [6.45, 7) is 4.46. The molecule has 0 amide bonds. The van der Waals surface area contributed by atoms with Crippen LogP contribution in [0.2, 0.25) is 0 Å². The molecule has 1 saturated carbocycles. The number of rotatable bonds is 2. The van der Waals surface area contributed by atoms with Gasteiger partial charge in [0.15, 0.2) is 0 Å². The van der Waals surface area contributed by atoms with Gasteiger partial charge < -0.3 is 16.6 Å². The van der Waals surface area contributed by atoms with Crippen molar-refractivity contribution >= 4 is 0 Å². The van der Waals surface area contributed by atoms with E-state index in [9.17, 15) is 0 Å². The summed E-state index contributed by atoms with van der Waals surface area (Å²) in [5.74, 6) is 0.199. The minimum atomic E-state index is -0.0278. The highest BCUT2D eigenvalue weighted by molar-refractivity contribution is 5.02. The van der Waals surface area contributed by atoms with Gasteiger partial charge in [0.25, 0.3) is 0 Å². The lowest BCUT2D eigenvalue weighted by molar-refractivity contribution is 0.205. The minimum absolute atomic E-state index is 0.0278. The van der Waals surface area contributed by atoms with Crippen LogP contribution in [0.4, 0.5) is 0 Å². The highest BCUT2D eigenvalue weighted by atomic mass is 16.3. The summed E-state index contributed by atoms with van der Waals surface area (Å²) in [4.78, 5) is 0. The highest BCUT2D eigenvalue weighted by Crippen LogP contribution is 2.42. The fraction of sp³-hybridized carbons (Fsp3) is 1.00. The summed E-state index contributed by atoms with van der Waals surface area (Å²) in [7, 11) is 0. The van der Waals surface area contributed by atoms with Gasteiger partial charge in [-0.05, 0) is 24.2 Å². The lowest BCUT2D eigenvalue weighted by atomic mass is 9.82. The zero-order valence-electron chi connectivity index (χ0n) is 7.96. The SMILES string of the molecule is CC[C@]1(C)CC(CO)C(N)C1N. The molecular weight excluding hydrogens is 152 g/mol. The molecule has 3 heteroatoms. The second-order valence-electron chi connectivity index (χ2n) is 4.26. The third-order valence-electron chi connectivity index (χ3n) is 3.53. The van der Waals surface area contributed by atoms with Gasteiger partial charge >= 0.3 is 0 Å². The molecule has 4 atom stereocenters. The molecule has 0 heterocycles. The Hall–Kier alpha value is -0.120. The van der Waals surface area contributed by atoms with Crippen LogP contribution in [0.3, 0.4) is 0 Å². The third-order valence-corrected chi connectivity index (χ3v) is 3.53. The summed E-state index contributed by atoms with van der Waals surface area (Å²) in [6.07, 6.45) is 2.00. The van der Waals surface area contributed by atoms with E-state index in [4.69, 9.17) is 16.6 Å². The normalized spacial score (nSPS) is 48.2. The summed E-state index contributed by atoms with van der Waals surface area (Å²) >= 11 is 0. The zero-order chi connectivity index (χ0) is 9.35. The van der Waals surface area contributed by atoms with Crippen LogP contribution in [0.25, 0.3) is 0 Å². The maximum Gasteiger partial charge on any atom is 0.0474 e. The van der Waals surface area contributed by atoms with Crippen LogP contribution in [-0.2, 0) is 0 Å². The molecule has 1 fully saturated rings. The van der Waals surface area contributed by atoms with E-state index >= 15 is 0 Å². The first-order valence-corrected chi connectivity index (χ1v) is 4.67. The van der Waals surface area contributed by atoms with Crippen molar-refractivity contribution in [1.82, 2.24) is 0 Å². The van der Waals surface area contributed by atoms with Gasteiger partial charge in [-0.15, -0.1) is 0 Å². The van der Waals surface area contributed by atoms with Crippen LogP contribution >= 0.6 is 0 Å². The summed E-state index contributed by atoms with van der Waals surface area (Å²) in [5, 5.41) is 9.05. The predicted molar refractivity (Wildman–Crippen MR) is 49.5 cm³/mol. The first-order valence-electron chi connectivity index (χ1n) is 4.67. The van der Waals surface area contributed by atoms with Crippen molar-refractivity contribution in [1.29, 1.82) is 0 Å². The van der Waals surface area contributed by atoms with Gasteiger partial charge in [0, 0.05) is 18.7 Å². The molecule has 72 valence electrons. The van der Waals surface area contributed by atoms with Crippen LogP contribution in [0.5, 0.6) is 0 Å². The van der Waals surface area contributed by atoms with E-state index in [1.807, 2.05) is 0 Å². The number of aliphatic hydroxyl groups excluding tert-OH is 1. The van der Waals surface area contributed by atoms with E-state index in [0.717, 1.165) is 12.8 Å². The molecule has 0 aromatic rings. The molecule has 0 saturated heterocycles. The first kappa shape index (κ1) is 9.96. The Labute approximate surface area is 74.1 Å². The maximum atomic E-state index is 9.05. The van der Waals surface area contributed by atoms with Crippen LogP contribution in [0, 0.1) is 11.3 Å². The van der Waals surface area contributed by atoms with Crippen molar-refractivity contribution in [2.24, 2.45) is 22.8 Å².